The van der Waals surface area contributed by atoms with Gasteiger partial charge < -0.3 is 5.32 Å². The van der Waals surface area contributed by atoms with Crippen molar-refractivity contribution in [2.45, 2.75) is 0 Å². The fraction of sp³-hybridized carbons (Fsp3) is 0. The van der Waals surface area contributed by atoms with Crippen LogP contribution in [0.1, 0.15) is 10.4 Å². The Balaban J connectivity index is 2.23. The van der Waals surface area contributed by atoms with Crippen LogP contribution in [0.15, 0.2) is 40.9 Å². The van der Waals surface area contributed by atoms with Crippen LogP contribution in [-0.2, 0) is 0 Å². The number of amides is 1. The van der Waals surface area contributed by atoms with Gasteiger partial charge in [0.2, 0.25) is 0 Å². The Morgan fingerprint density at radius 2 is 1.74 bits per heavy atom. The lowest BCUT2D eigenvalue weighted by molar-refractivity contribution is 0.102. The van der Waals surface area contributed by atoms with Crippen LogP contribution in [0.4, 0.5) is 5.69 Å². The molecule has 0 heterocycles. The lowest BCUT2D eigenvalue weighted by Crippen LogP contribution is -2.12. The second kappa shape index (κ2) is 6.14. The van der Waals surface area contributed by atoms with E-state index < -0.39 is 0 Å². The Morgan fingerprint density at radius 1 is 1.00 bits per heavy atom. The summed E-state index contributed by atoms with van der Waals surface area (Å²) in [7, 11) is 0. The van der Waals surface area contributed by atoms with E-state index in [-0.39, 0.29) is 5.91 Å². The summed E-state index contributed by atoms with van der Waals surface area (Å²) in [5.74, 6) is -0.276. The minimum atomic E-state index is -0.276. The maximum atomic E-state index is 12.0. The van der Waals surface area contributed by atoms with Crippen LogP contribution in [0.25, 0.3) is 0 Å². The van der Waals surface area contributed by atoms with E-state index in [1.807, 2.05) is 0 Å². The highest BCUT2D eigenvalue weighted by molar-refractivity contribution is 9.10. The number of halogens is 4. The monoisotopic (exact) mass is 377 g/mol. The first-order chi connectivity index (χ1) is 8.97. The van der Waals surface area contributed by atoms with Crippen molar-refractivity contribution >= 4 is 62.3 Å². The summed E-state index contributed by atoms with van der Waals surface area (Å²) >= 11 is 20.9. The maximum absolute atomic E-state index is 12.0. The average Bonchev–Trinajstić information content (AvgIpc) is 2.36. The zero-order chi connectivity index (χ0) is 14.0. The van der Waals surface area contributed by atoms with Crippen LogP contribution in [0, 0.1) is 0 Å². The molecule has 2 rings (SSSR count). The minimum absolute atomic E-state index is 0.276. The van der Waals surface area contributed by atoms with Crippen LogP contribution in [-0.4, -0.2) is 5.91 Å². The normalized spacial score (nSPS) is 10.3. The van der Waals surface area contributed by atoms with Gasteiger partial charge in [-0.15, -0.1) is 0 Å². The van der Waals surface area contributed by atoms with E-state index >= 15 is 0 Å². The first kappa shape index (κ1) is 14.7. The molecule has 0 aliphatic heterocycles. The van der Waals surface area contributed by atoms with Crippen LogP contribution in [0.3, 0.4) is 0 Å². The van der Waals surface area contributed by atoms with E-state index in [9.17, 15) is 4.79 Å². The van der Waals surface area contributed by atoms with E-state index in [2.05, 4.69) is 21.2 Å². The second-order valence-electron chi connectivity index (χ2n) is 3.71. The van der Waals surface area contributed by atoms with Crippen molar-refractivity contribution in [1.29, 1.82) is 0 Å². The first-order valence-electron chi connectivity index (χ1n) is 5.19. The number of hydrogen-bond donors (Lipinski definition) is 1. The standard InChI is InChI=1S/C13H7BrCl3NO/c14-9-5-7(1-3-10(9)16)13(19)18-12-4-2-8(15)6-11(12)17/h1-6H,(H,18,19). The van der Waals surface area contributed by atoms with Gasteiger partial charge in [0, 0.05) is 15.1 Å². The molecule has 0 radical (unpaired) electrons. The summed E-state index contributed by atoms with van der Waals surface area (Å²) in [5.41, 5.74) is 0.976. The Morgan fingerprint density at radius 3 is 2.37 bits per heavy atom. The third kappa shape index (κ3) is 3.63. The molecule has 0 bridgehead atoms. The quantitative estimate of drug-likeness (QED) is 0.716. The maximum Gasteiger partial charge on any atom is 0.255 e. The van der Waals surface area contributed by atoms with Crippen molar-refractivity contribution in [3.05, 3.63) is 61.5 Å². The molecule has 0 spiro atoms. The SMILES string of the molecule is O=C(Nc1ccc(Cl)cc1Cl)c1ccc(Cl)c(Br)c1. The van der Waals surface area contributed by atoms with Gasteiger partial charge in [0.1, 0.15) is 0 Å². The fourth-order valence-electron chi connectivity index (χ4n) is 1.42. The van der Waals surface area contributed by atoms with Gasteiger partial charge in [0.15, 0.2) is 0 Å². The number of nitrogens with one attached hydrogen (secondary N) is 1. The number of carbonyl (C=O) groups is 1. The molecular weight excluding hydrogens is 372 g/mol. The Kier molecular flexibility index (Phi) is 4.74. The largest absolute Gasteiger partial charge is 0.321 e. The molecule has 2 aromatic carbocycles. The minimum Gasteiger partial charge on any atom is -0.321 e. The molecule has 6 heteroatoms. The van der Waals surface area contributed by atoms with E-state index in [0.717, 1.165) is 0 Å². The van der Waals surface area contributed by atoms with Crippen LogP contribution >= 0.6 is 50.7 Å². The summed E-state index contributed by atoms with van der Waals surface area (Å²) < 4.78 is 0.656. The highest BCUT2D eigenvalue weighted by Crippen LogP contribution is 2.27. The second-order valence-corrected chi connectivity index (χ2v) is 5.81. The molecule has 0 aromatic heterocycles. The van der Waals surface area contributed by atoms with Crippen molar-refractivity contribution < 1.29 is 4.79 Å². The number of carbonyl (C=O) groups excluding carboxylic acids is 1. The summed E-state index contributed by atoms with van der Waals surface area (Å²) in [6.07, 6.45) is 0. The van der Waals surface area contributed by atoms with E-state index in [1.165, 1.54) is 0 Å². The molecule has 0 atom stereocenters. The van der Waals surface area contributed by atoms with Crippen molar-refractivity contribution in [2.75, 3.05) is 5.32 Å². The van der Waals surface area contributed by atoms with Gasteiger partial charge in [0.25, 0.3) is 5.91 Å². The predicted octanol–water partition coefficient (Wildman–Crippen LogP) is 5.66. The van der Waals surface area contributed by atoms with Gasteiger partial charge in [-0.25, -0.2) is 0 Å². The zero-order valence-electron chi connectivity index (χ0n) is 9.38. The zero-order valence-corrected chi connectivity index (χ0v) is 13.2. The molecule has 0 fully saturated rings. The smallest absolute Gasteiger partial charge is 0.255 e. The third-order valence-electron chi connectivity index (χ3n) is 2.36. The number of benzene rings is 2. The van der Waals surface area contributed by atoms with Crippen molar-refractivity contribution in [3.8, 4) is 0 Å². The summed E-state index contributed by atoms with van der Waals surface area (Å²) in [4.78, 5) is 12.0. The molecule has 98 valence electrons. The molecular formula is C13H7BrCl3NO. The van der Waals surface area contributed by atoms with Crippen LogP contribution in [0.2, 0.25) is 15.1 Å². The topological polar surface area (TPSA) is 29.1 Å². The molecule has 19 heavy (non-hydrogen) atoms. The van der Waals surface area contributed by atoms with Gasteiger partial charge in [0.05, 0.1) is 15.7 Å². The van der Waals surface area contributed by atoms with Crippen LogP contribution in [0.5, 0.6) is 0 Å². The lowest BCUT2D eigenvalue weighted by Gasteiger charge is -2.08. The van der Waals surface area contributed by atoms with Gasteiger partial charge in [-0.1, -0.05) is 34.8 Å². The Labute approximate surface area is 133 Å². The molecule has 0 aliphatic rings. The first-order valence-corrected chi connectivity index (χ1v) is 7.11. The highest BCUT2D eigenvalue weighted by atomic mass is 79.9. The highest BCUT2D eigenvalue weighted by Gasteiger charge is 2.10. The Bertz CT molecular complexity index is 646. The van der Waals surface area contributed by atoms with Gasteiger partial charge >= 0.3 is 0 Å². The fourth-order valence-corrected chi connectivity index (χ4v) is 2.37. The molecule has 2 nitrogen and oxygen atoms in total. The molecule has 2 aromatic rings. The van der Waals surface area contributed by atoms with Gasteiger partial charge in [-0.05, 0) is 52.3 Å². The Hall–Kier alpha value is -0.740. The third-order valence-corrected chi connectivity index (χ3v) is 4.12. The van der Waals surface area contributed by atoms with Gasteiger partial charge in [-0.3, -0.25) is 4.79 Å². The molecule has 0 aliphatic carbocycles. The van der Waals surface area contributed by atoms with Crippen molar-refractivity contribution in [3.63, 3.8) is 0 Å². The van der Waals surface area contributed by atoms with E-state index in [1.54, 1.807) is 36.4 Å². The van der Waals surface area contributed by atoms with Crippen molar-refractivity contribution in [2.24, 2.45) is 0 Å². The molecule has 1 amide bonds. The summed E-state index contributed by atoms with van der Waals surface area (Å²) in [6, 6.07) is 9.78. The molecule has 1 N–H and O–H groups in total. The van der Waals surface area contributed by atoms with Gasteiger partial charge in [-0.2, -0.15) is 0 Å². The lowest BCUT2D eigenvalue weighted by atomic mass is 10.2. The summed E-state index contributed by atoms with van der Waals surface area (Å²) in [5, 5.41) is 4.14. The van der Waals surface area contributed by atoms with Crippen molar-refractivity contribution in [1.82, 2.24) is 0 Å². The number of rotatable bonds is 2. The van der Waals surface area contributed by atoms with Crippen LogP contribution < -0.4 is 5.32 Å². The average molecular weight is 379 g/mol. The number of anilines is 1. The predicted molar refractivity (Wildman–Crippen MR) is 83.6 cm³/mol. The summed E-state index contributed by atoms with van der Waals surface area (Å²) in [6.45, 7) is 0. The molecule has 0 unspecified atom stereocenters. The number of hydrogen-bond acceptors (Lipinski definition) is 1. The van der Waals surface area contributed by atoms with E-state index in [0.29, 0.717) is 30.8 Å². The molecule has 0 saturated carbocycles. The van der Waals surface area contributed by atoms with E-state index in [4.69, 9.17) is 34.8 Å². The molecule has 0 saturated heterocycles.